The fourth-order valence-electron chi connectivity index (χ4n) is 2.61. The third-order valence-electron chi connectivity index (χ3n) is 3.86. The number of carbonyl (C=O) groups excluding carboxylic acids is 2. The summed E-state index contributed by atoms with van der Waals surface area (Å²) in [7, 11) is 1.24. The average molecular weight is 379 g/mol. The number of nitrogens with one attached hydrogen (secondary N) is 2. The Kier molecular flexibility index (Phi) is 5.88. The van der Waals surface area contributed by atoms with Gasteiger partial charge in [0.05, 0.1) is 30.3 Å². The number of nitrogens with zero attached hydrogens (tertiary/aromatic N) is 1. The van der Waals surface area contributed by atoms with Crippen LogP contribution in [-0.4, -0.2) is 35.7 Å². The largest absolute Gasteiger partial charge is 0.500 e. The van der Waals surface area contributed by atoms with Gasteiger partial charge in [-0.25, -0.2) is 9.59 Å². The topological polar surface area (TPSA) is 140 Å². The van der Waals surface area contributed by atoms with E-state index in [9.17, 15) is 24.8 Å². The van der Waals surface area contributed by atoms with E-state index < -0.39 is 34.4 Å². The van der Waals surface area contributed by atoms with Crippen molar-refractivity contribution < 1.29 is 29.1 Å². The number of hydrogen-bond donors (Lipinski definition) is 3. The number of allylic oxidation sites excluding steroid dienone is 1. The maximum Gasteiger partial charge on any atom is 0.338 e. The van der Waals surface area contributed by atoms with Crippen LogP contribution >= 0.6 is 0 Å². The quantitative estimate of drug-likeness (QED) is 0.391. The number of benzene rings is 1. The summed E-state index contributed by atoms with van der Waals surface area (Å²) >= 11 is 0. The molecule has 1 aromatic rings. The highest BCUT2D eigenvalue weighted by atomic mass is 16.6. The first-order valence-electron chi connectivity index (χ1n) is 8.16. The van der Waals surface area contributed by atoms with Gasteiger partial charge < -0.3 is 25.2 Å². The number of esters is 1. The van der Waals surface area contributed by atoms with Crippen LogP contribution in [0.2, 0.25) is 0 Å². The van der Waals surface area contributed by atoms with Gasteiger partial charge in [0.25, 0.3) is 0 Å². The van der Waals surface area contributed by atoms with Gasteiger partial charge >= 0.3 is 17.7 Å². The number of amides is 2. The number of ether oxygens (including phenoxy) is 2. The van der Waals surface area contributed by atoms with E-state index in [2.05, 4.69) is 10.6 Å². The molecule has 0 aromatic heterocycles. The van der Waals surface area contributed by atoms with Crippen molar-refractivity contribution in [2.75, 3.05) is 13.7 Å². The van der Waals surface area contributed by atoms with Crippen molar-refractivity contribution in [2.24, 2.45) is 5.92 Å². The van der Waals surface area contributed by atoms with Gasteiger partial charge in [-0.05, 0) is 24.5 Å². The Morgan fingerprint density at radius 2 is 2.07 bits per heavy atom. The van der Waals surface area contributed by atoms with Crippen LogP contribution < -0.4 is 15.4 Å². The summed E-state index contributed by atoms with van der Waals surface area (Å²) in [6.45, 7) is 5.46. The van der Waals surface area contributed by atoms with Gasteiger partial charge in [-0.3, -0.25) is 10.1 Å². The lowest BCUT2D eigenvalue weighted by Gasteiger charge is -2.28. The van der Waals surface area contributed by atoms with Crippen LogP contribution in [-0.2, 0) is 9.53 Å². The summed E-state index contributed by atoms with van der Waals surface area (Å²) in [5.74, 6) is -1.35. The second-order valence-corrected chi connectivity index (χ2v) is 6.41. The van der Waals surface area contributed by atoms with Crippen molar-refractivity contribution in [3.8, 4) is 11.5 Å². The number of nitro groups is 1. The molecule has 146 valence electrons. The highest BCUT2D eigenvalue weighted by Gasteiger charge is 2.34. The van der Waals surface area contributed by atoms with E-state index in [-0.39, 0.29) is 35.1 Å². The Morgan fingerprint density at radius 3 is 2.63 bits per heavy atom. The highest BCUT2D eigenvalue weighted by Crippen LogP contribution is 2.40. The minimum absolute atomic E-state index is 0.106. The first-order chi connectivity index (χ1) is 12.6. The zero-order chi connectivity index (χ0) is 20.3. The normalized spacial score (nSPS) is 16.6. The van der Waals surface area contributed by atoms with Crippen molar-refractivity contribution in [1.29, 1.82) is 0 Å². The third-order valence-corrected chi connectivity index (χ3v) is 3.86. The minimum Gasteiger partial charge on any atom is -0.500 e. The van der Waals surface area contributed by atoms with Crippen LogP contribution in [0.3, 0.4) is 0 Å². The molecule has 2 rings (SSSR count). The van der Waals surface area contributed by atoms with Crippen molar-refractivity contribution in [1.82, 2.24) is 10.6 Å². The van der Waals surface area contributed by atoms with Crippen molar-refractivity contribution in [2.45, 2.75) is 26.8 Å². The smallest absolute Gasteiger partial charge is 0.338 e. The molecule has 1 aliphatic heterocycles. The van der Waals surface area contributed by atoms with Gasteiger partial charge in [-0.15, -0.1) is 0 Å². The van der Waals surface area contributed by atoms with E-state index in [1.807, 2.05) is 13.8 Å². The molecule has 0 bridgehead atoms. The molecule has 0 unspecified atom stereocenters. The zero-order valence-electron chi connectivity index (χ0n) is 15.4. The number of carbonyl (C=O) groups is 2. The molecule has 27 heavy (non-hydrogen) atoms. The number of nitro benzene ring substituents is 1. The molecule has 1 aliphatic rings. The molecule has 1 aromatic carbocycles. The number of aromatic hydroxyl groups is 1. The lowest BCUT2D eigenvalue weighted by molar-refractivity contribution is -0.386. The number of phenols is 1. The molecule has 0 spiro atoms. The van der Waals surface area contributed by atoms with Crippen molar-refractivity contribution in [3.05, 3.63) is 39.1 Å². The van der Waals surface area contributed by atoms with Crippen molar-refractivity contribution >= 4 is 17.7 Å². The van der Waals surface area contributed by atoms with Crippen LogP contribution in [0.4, 0.5) is 10.5 Å². The van der Waals surface area contributed by atoms with Crippen LogP contribution in [0, 0.1) is 16.0 Å². The Bertz CT molecular complexity index is 817. The highest BCUT2D eigenvalue weighted by molar-refractivity contribution is 5.95. The van der Waals surface area contributed by atoms with Gasteiger partial charge in [-0.1, -0.05) is 13.8 Å². The molecule has 0 fully saturated rings. The van der Waals surface area contributed by atoms with Crippen LogP contribution in [0.25, 0.3) is 0 Å². The summed E-state index contributed by atoms with van der Waals surface area (Å²) in [5, 5.41) is 26.2. The van der Waals surface area contributed by atoms with E-state index >= 15 is 0 Å². The van der Waals surface area contributed by atoms with Crippen molar-refractivity contribution in [3.63, 3.8) is 0 Å². The number of methoxy groups -OCH3 is 1. The molecule has 10 nitrogen and oxygen atoms in total. The molecular weight excluding hydrogens is 358 g/mol. The summed E-state index contributed by atoms with van der Waals surface area (Å²) in [6.07, 6.45) is 0. The van der Waals surface area contributed by atoms with Crippen LogP contribution in [0.5, 0.6) is 11.5 Å². The van der Waals surface area contributed by atoms with Gasteiger partial charge in [0.2, 0.25) is 5.75 Å². The summed E-state index contributed by atoms with van der Waals surface area (Å²) < 4.78 is 10.2. The van der Waals surface area contributed by atoms with Gasteiger partial charge in [-0.2, -0.15) is 0 Å². The Morgan fingerprint density at radius 1 is 1.41 bits per heavy atom. The molecule has 1 atom stereocenters. The molecular formula is C17H21N3O7. The summed E-state index contributed by atoms with van der Waals surface area (Å²) in [6, 6.07) is 0.817. The van der Waals surface area contributed by atoms with E-state index in [1.165, 1.54) is 20.1 Å². The molecule has 2 amide bonds. The Balaban J connectivity index is 2.54. The molecule has 1 heterocycles. The number of phenolic OH excluding ortho intramolecular Hbond substituents is 1. The maximum atomic E-state index is 12.6. The molecule has 0 saturated heterocycles. The van der Waals surface area contributed by atoms with E-state index in [0.29, 0.717) is 0 Å². The van der Waals surface area contributed by atoms with E-state index in [4.69, 9.17) is 9.47 Å². The molecule has 0 saturated carbocycles. The van der Waals surface area contributed by atoms with Gasteiger partial charge in [0.15, 0.2) is 5.75 Å². The molecule has 0 aliphatic carbocycles. The standard InChI is InChI=1S/C17H21N3O7/c1-8(2)7-27-16(22)13-9(3)18-17(23)19-14(13)10-5-11(20(24)25)15(21)12(6-10)26-4/h5-6,8,14,21H,7H2,1-4H3,(H2,18,19,23)/t14-/m1/s1. The lowest BCUT2D eigenvalue weighted by Crippen LogP contribution is -2.45. The minimum atomic E-state index is -1.01. The van der Waals surface area contributed by atoms with E-state index in [0.717, 1.165) is 6.07 Å². The Hall–Kier alpha value is -3.30. The van der Waals surface area contributed by atoms with Gasteiger partial charge in [0.1, 0.15) is 0 Å². The first-order valence-corrected chi connectivity index (χ1v) is 8.16. The fraction of sp³-hybridized carbons (Fsp3) is 0.412. The third kappa shape index (κ3) is 4.27. The molecule has 0 radical (unpaired) electrons. The zero-order valence-corrected chi connectivity index (χ0v) is 15.4. The van der Waals surface area contributed by atoms with Crippen LogP contribution in [0.1, 0.15) is 32.4 Å². The fourth-order valence-corrected chi connectivity index (χ4v) is 2.61. The summed E-state index contributed by atoms with van der Waals surface area (Å²) in [4.78, 5) is 34.9. The monoisotopic (exact) mass is 379 g/mol. The number of hydrogen-bond acceptors (Lipinski definition) is 7. The predicted octanol–water partition coefficient (Wildman–Crippen LogP) is 2.14. The Labute approximate surface area is 155 Å². The predicted molar refractivity (Wildman–Crippen MR) is 94.2 cm³/mol. The number of urea groups is 1. The molecule has 10 heteroatoms. The number of rotatable bonds is 6. The van der Waals surface area contributed by atoms with Gasteiger partial charge in [0, 0.05) is 11.8 Å². The average Bonchev–Trinajstić information content (AvgIpc) is 2.58. The first kappa shape index (κ1) is 20.0. The summed E-state index contributed by atoms with van der Waals surface area (Å²) in [5.41, 5.74) is -0.0313. The van der Waals surface area contributed by atoms with E-state index in [1.54, 1.807) is 0 Å². The maximum absolute atomic E-state index is 12.6. The van der Waals surface area contributed by atoms with Crippen LogP contribution in [0.15, 0.2) is 23.4 Å². The SMILES string of the molecule is COc1cc([C@H]2NC(=O)NC(C)=C2C(=O)OCC(C)C)cc([N+](=O)[O-])c1O. The molecule has 3 N–H and O–H groups in total. The lowest BCUT2D eigenvalue weighted by atomic mass is 9.94. The second-order valence-electron chi connectivity index (χ2n) is 6.41. The second kappa shape index (κ2) is 7.94.